The maximum atomic E-state index is 12.2. The van der Waals surface area contributed by atoms with Crippen LogP contribution in [0.1, 0.15) is 59.3 Å². The van der Waals surface area contributed by atoms with Crippen LogP contribution in [0.15, 0.2) is 5.10 Å². The summed E-state index contributed by atoms with van der Waals surface area (Å²) in [7, 11) is 0. The standard InChI is InChI=1S/C19H31N3O5S/c1-13(2)15(24)11-14(3)20-21-17(25)7-5-4-6-8-22-18(26)12-16(19(22)27)28-10-9-23/h13,16,23H,4-12H2,1-3H3,(H,21,25)/b20-14+. The molecule has 0 aromatic heterocycles. The van der Waals surface area contributed by atoms with Crippen molar-refractivity contribution in [2.45, 2.75) is 64.5 Å². The lowest BCUT2D eigenvalue weighted by Crippen LogP contribution is -2.32. The number of ketones is 1. The third-order valence-electron chi connectivity index (χ3n) is 4.34. The molecule has 158 valence electrons. The normalized spacial score (nSPS) is 17.5. The lowest BCUT2D eigenvalue weighted by molar-refractivity contribution is -0.138. The van der Waals surface area contributed by atoms with Crippen LogP contribution >= 0.6 is 11.8 Å². The lowest BCUT2D eigenvalue weighted by Gasteiger charge is -2.14. The molecule has 0 radical (unpaired) electrons. The van der Waals surface area contributed by atoms with Gasteiger partial charge in [0.05, 0.1) is 11.9 Å². The van der Waals surface area contributed by atoms with Crippen LogP contribution in [-0.2, 0) is 19.2 Å². The predicted molar refractivity (Wildman–Crippen MR) is 109 cm³/mol. The lowest BCUT2D eigenvalue weighted by atomic mass is 10.0. The Hall–Kier alpha value is -1.74. The van der Waals surface area contributed by atoms with Crippen LogP contribution in [0.25, 0.3) is 0 Å². The second kappa shape index (κ2) is 12.7. The van der Waals surface area contributed by atoms with Gasteiger partial charge in [-0.1, -0.05) is 20.3 Å². The van der Waals surface area contributed by atoms with Gasteiger partial charge in [0.25, 0.3) is 0 Å². The number of unbranched alkanes of at least 4 members (excludes halogenated alkanes) is 2. The summed E-state index contributed by atoms with van der Waals surface area (Å²) in [6, 6.07) is 0. The molecule has 1 aliphatic heterocycles. The molecule has 1 heterocycles. The summed E-state index contributed by atoms with van der Waals surface area (Å²) in [6.45, 7) is 5.71. The second-order valence-electron chi connectivity index (χ2n) is 7.16. The second-order valence-corrected chi connectivity index (χ2v) is 8.47. The molecule has 1 fully saturated rings. The quantitative estimate of drug-likeness (QED) is 0.205. The van der Waals surface area contributed by atoms with E-state index < -0.39 is 0 Å². The van der Waals surface area contributed by atoms with Crippen molar-refractivity contribution in [2.75, 3.05) is 18.9 Å². The Kier molecular flexibility index (Phi) is 11.0. The van der Waals surface area contributed by atoms with Gasteiger partial charge < -0.3 is 5.11 Å². The zero-order chi connectivity index (χ0) is 21.1. The summed E-state index contributed by atoms with van der Waals surface area (Å²) in [6.07, 6.45) is 2.72. The van der Waals surface area contributed by atoms with Crippen molar-refractivity contribution in [1.29, 1.82) is 0 Å². The minimum absolute atomic E-state index is 0.0116. The summed E-state index contributed by atoms with van der Waals surface area (Å²) in [5.41, 5.74) is 3.03. The number of carbonyl (C=O) groups excluding carboxylic acids is 4. The van der Waals surface area contributed by atoms with Gasteiger partial charge in [-0.05, 0) is 19.8 Å². The van der Waals surface area contributed by atoms with E-state index in [0.717, 1.165) is 0 Å². The van der Waals surface area contributed by atoms with Crippen molar-refractivity contribution in [2.24, 2.45) is 11.0 Å². The van der Waals surface area contributed by atoms with Crippen LogP contribution in [0, 0.1) is 5.92 Å². The molecular formula is C19H31N3O5S. The fourth-order valence-corrected chi connectivity index (χ4v) is 3.57. The molecule has 0 aromatic rings. The number of hydrazone groups is 1. The van der Waals surface area contributed by atoms with Crippen LogP contribution < -0.4 is 5.43 Å². The number of hydrogen-bond donors (Lipinski definition) is 2. The van der Waals surface area contributed by atoms with E-state index in [1.165, 1.54) is 16.7 Å². The summed E-state index contributed by atoms with van der Waals surface area (Å²) >= 11 is 1.31. The van der Waals surface area contributed by atoms with Gasteiger partial charge >= 0.3 is 0 Å². The summed E-state index contributed by atoms with van der Waals surface area (Å²) < 4.78 is 0. The minimum atomic E-state index is -0.380. The van der Waals surface area contributed by atoms with Crippen molar-refractivity contribution < 1.29 is 24.3 Å². The highest BCUT2D eigenvalue weighted by molar-refractivity contribution is 8.00. The number of imide groups is 1. The maximum absolute atomic E-state index is 12.2. The topological polar surface area (TPSA) is 116 Å². The van der Waals surface area contributed by atoms with Crippen molar-refractivity contribution >= 4 is 41.0 Å². The smallest absolute Gasteiger partial charge is 0.242 e. The first-order valence-electron chi connectivity index (χ1n) is 9.67. The molecule has 28 heavy (non-hydrogen) atoms. The molecule has 1 rings (SSSR count). The molecule has 1 aliphatic rings. The largest absolute Gasteiger partial charge is 0.396 e. The molecule has 1 saturated heterocycles. The number of hydrogen-bond acceptors (Lipinski definition) is 7. The van der Waals surface area contributed by atoms with E-state index >= 15 is 0 Å². The fourth-order valence-electron chi connectivity index (χ4n) is 2.65. The van der Waals surface area contributed by atoms with Gasteiger partial charge in [-0.3, -0.25) is 24.1 Å². The molecule has 0 spiro atoms. The zero-order valence-electron chi connectivity index (χ0n) is 16.9. The Morgan fingerprint density at radius 1 is 1.29 bits per heavy atom. The monoisotopic (exact) mass is 413 g/mol. The first kappa shape index (κ1) is 24.3. The fraction of sp³-hybridized carbons (Fsp3) is 0.737. The van der Waals surface area contributed by atoms with Crippen LogP contribution in [0.2, 0.25) is 0 Å². The molecule has 0 aromatic carbocycles. The first-order chi connectivity index (χ1) is 13.3. The van der Waals surface area contributed by atoms with Gasteiger partial charge in [-0.2, -0.15) is 5.10 Å². The highest BCUT2D eigenvalue weighted by Crippen LogP contribution is 2.25. The van der Waals surface area contributed by atoms with E-state index in [1.807, 2.05) is 13.8 Å². The molecule has 0 bridgehead atoms. The van der Waals surface area contributed by atoms with E-state index in [4.69, 9.17) is 5.11 Å². The number of aliphatic hydroxyl groups excluding tert-OH is 1. The van der Waals surface area contributed by atoms with Gasteiger partial charge in [0.15, 0.2) is 0 Å². The predicted octanol–water partition coefficient (Wildman–Crippen LogP) is 1.51. The van der Waals surface area contributed by atoms with Gasteiger partial charge in [-0.15, -0.1) is 11.8 Å². The Balaban J connectivity index is 2.21. The molecule has 8 nitrogen and oxygen atoms in total. The summed E-state index contributed by atoms with van der Waals surface area (Å²) in [4.78, 5) is 48.8. The average Bonchev–Trinajstić information content (AvgIpc) is 2.91. The van der Waals surface area contributed by atoms with Crippen molar-refractivity contribution in [1.82, 2.24) is 10.3 Å². The molecule has 2 N–H and O–H groups in total. The van der Waals surface area contributed by atoms with E-state index in [-0.39, 0.29) is 54.1 Å². The zero-order valence-corrected chi connectivity index (χ0v) is 17.7. The van der Waals surface area contributed by atoms with Gasteiger partial charge in [0, 0.05) is 43.2 Å². The number of amides is 3. The third-order valence-corrected chi connectivity index (χ3v) is 5.53. The van der Waals surface area contributed by atoms with Crippen molar-refractivity contribution in [3.8, 4) is 0 Å². The highest BCUT2D eigenvalue weighted by atomic mass is 32.2. The number of nitrogens with one attached hydrogen (secondary N) is 1. The van der Waals surface area contributed by atoms with Crippen LogP contribution in [0.3, 0.4) is 0 Å². The highest BCUT2D eigenvalue weighted by Gasteiger charge is 2.38. The number of carbonyl (C=O) groups is 4. The number of thioether (sulfide) groups is 1. The van der Waals surface area contributed by atoms with E-state index in [9.17, 15) is 19.2 Å². The van der Waals surface area contributed by atoms with Gasteiger partial charge in [0.1, 0.15) is 5.78 Å². The van der Waals surface area contributed by atoms with Crippen molar-refractivity contribution in [3.63, 3.8) is 0 Å². The Morgan fingerprint density at radius 3 is 2.64 bits per heavy atom. The summed E-state index contributed by atoms with van der Waals surface area (Å²) in [5, 5.41) is 12.4. The molecule has 1 atom stereocenters. The van der Waals surface area contributed by atoms with Crippen molar-refractivity contribution in [3.05, 3.63) is 0 Å². The van der Waals surface area contributed by atoms with Gasteiger partial charge in [0.2, 0.25) is 17.7 Å². The Labute approximate surface area is 170 Å². The van der Waals surface area contributed by atoms with Gasteiger partial charge in [-0.25, -0.2) is 5.43 Å². The maximum Gasteiger partial charge on any atom is 0.242 e. The molecule has 0 saturated carbocycles. The SMILES string of the molecule is C/C(CC(=O)C(C)C)=N\NC(=O)CCCCCN1C(=O)CC(SCCO)C1=O. The molecule has 3 amide bonds. The van der Waals surface area contributed by atoms with Crippen LogP contribution in [-0.4, -0.2) is 63.4 Å². The first-order valence-corrected chi connectivity index (χ1v) is 10.7. The number of aliphatic hydroxyl groups is 1. The third kappa shape index (κ3) is 8.52. The molecule has 1 unspecified atom stereocenters. The van der Waals surface area contributed by atoms with E-state index in [2.05, 4.69) is 10.5 Å². The molecular weight excluding hydrogens is 382 g/mol. The van der Waals surface area contributed by atoms with E-state index in [1.54, 1.807) is 6.92 Å². The average molecular weight is 414 g/mol. The summed E-state index contributed by atoms with van der Waals surface area (Å²) in [5.74, 6) is -0.0939. The number of rotatable bonds is 13. The number of nitrogens with zero attached hydrogens (tertiary/aromatic N) is 2. The molecule has 0 aliphatic carbocycles. The Bertz CT molecular complexity index is 606. The number of likely N-dealkylation sites (tertiary alicyclic amines) is 1. The number of Topliss-reactive ketones (excluding diaryl/α,β-unsaturated/α-hetero) is 1. The minimum Gasteiger partial charge on any atom is -0.396 e. The van der Waals surface area contributed by atoms with Crippen LogP contribution in [0.4, 0.5) is 0 Å². The van der Waals surface area contributed by atoms with Crippen LogP contribution in [0.5, 0.6) is 0 Å². The Morgan fingerprint density at radius 2 is 2.00 bits per heavy atom. The molecule has 9 heteroatoms. The van der Waals surface area contributed by atoms with E-state index in [0.29, 0.717) is 43.7 Å².